The lowest BCUT2D eigenvalue weighted by Crippen LogP contribution is -2.30. The van der Waals surface area contributed by atoms with Crippen LogP contribution in [0.15, 0.2) is 97.2 Å². The van der Waals surface area contributed by atoms with Gasteiger partial charge < -0.3 is 14.2 Å². The van der Waals surface area contributed by atoms with Gasteiger partial charge in [-0.2, -0.15) is 0 Å². The van der Waals surface area contributed by atoms with Gasteiger partial charge in [-0.05, 0) is 70.6 Å². The van der Waals surface area contributed by atoms with Crippen molar-refractivity contribution in [1.29, 1.82) is 0 Å². The molecule has 1 atom stereocenters. The molecule has 0 aliphatic rings. The van der Waals surface area contributed by atoms with Crippen LogP contribution >= 0.6 is 0 Å². The summed E-state index contributed by atoms with van der Waals surface area (Å²) in [6.45, 7) is 6.33. The number of esters is 3. The molecule has 382 valence electrons. The molecule has 6 heteroatoms. The van der Waals surface area contributed by atoms with Crippen molar-refractivity contribution in [2.45, 2.75) is 258 Å². The highest BCUT2D eigenvalue weighted by Crippen LogP contribution is 2.15. The molecule has 0 amide bonds. The quantitative estimate of drug-likeness (QED) is 0.0199. The zero-order valence-electron chi connectivity index (χ0n) is 43.6. The highest BCUT2D eigenvalue weighted by atomic mass is 16.6. The molecule has 0 spiro atoms. The zero-order valence-corrected chi connectivity index (χ0v) is 43.6. The number of ether oxygens (including phenoxy) is 3. The molecule has 0 aliphatic carbocycles. The van der Waals surface area contributed by atoms with E-state index in [4.69, 9.17) is 14.2 Å². The van der Waals surface area contributed by atoms with Gasteiger partial charge in [0, 0.05) is 18.6 Å². The minimum atomic E-state index is -0.887. The van der Waals surface area contributed by atoms with E-state index < -0.39 is 18.0 Å². The number of carbonyl (C=O) groups is 3. The predicted octanol–water partition coefficient (Wildman–Crippen LogP) is 18.5. The summed E-state index contributed by atoms with van der Waals surface area (Å²) in [5, 5.41) is 0. The van der Waals surface area contributed by atoms with E-state index in [0.29, 0.717) is 6.42 Å². The molecule has 0 aromatic carbocycles. The molecule has 0 bridgehead atoms. The fourth-order valence-corrected chi connectivity index (χ4v) is 7.56. The van der Waals surface area contributed by atoms with Gasteiger partial charge >= 0.3 is 17.9 Å². The number of carbonyl (C=O) groups excluding carboxylic acids is 3. The lowest BCUT2D eigenvalue weighted by Gasteiger charge is -2.17. The van der Waals surface area contributed by atoms with Crippen molar-refractivity contribution in [1.82, 2.24) is 0 Å². The van der Waals surface area contributed by atoms with E-state index in [0.717, 1.165) is 77.0 Å². The maximum Gasteiger partial charge on any atom is 0.330 e. The molecule has 0 N–H and O–H groups in total. The third-order valence-electron chi connectivity index (χ3n) is 11.7. The molecule has 0 fully saturated rings. The molecule has 0 saturated heterocycles. The van der Waals surface area contributed by atoms with E-state index >= 15 is 0 Å². The Hall–Kier alpha value is -3.67. The predicted molar refractivity (Wildman–Crippen MR) is 288 cm³/mol. The smallest absolute Gasteiger partial charge is 0.330 e. The number of hydrogen-bond acceptors (Lipinski definition) is 6. The van der Waals surface area contributed by atoms with Gasteiger partial charge in [0.05, 0.1) is 0 Å². The van der Waals surface area contributed by atoms with Crippen LogP contribution in [0.4, 0.5) is 0 Å². The third kappa shape index (κ3) is 53.2. The minimum Gasteiger partial charge on any atom is -0.462 e. The summed E-state index contributed by atoms with van der Waals surface area (Å²) in [5.41, 5.74) is 0. The van der Waals surface area contributed by atoms with Crippen molar-refractivity contribution in [3.8, 4) is 0 Å². The molecule has 6 nitrogen and oxygen atoms in total. The van der Waals surface area contributed by atoms with E-state index in [2.05, 4.69) is 81.5 Å². The lowest BCUT2D eigenvalue weighted by molar-refractivity contribution is -0.162. The van der Waals surface area contributed by atoms with E-state index in [-0.39, 0.29) is 25.6 Å². The van der Waals surface area contributed by atoms with Crippen LogP contribution in [0.3, 0.4) is 0 Å². The van der Waals surface area contributed by atoms with Gasteiger partial charge in [-0.25, -0.2) is 9.59 Å². The highest BCUT2D eigenvalue weighted by Gasteiger charge is 2.18. The van der Waals surface area contributed by atoms with Crippen molar-refractivity contribution in [3.05, 3.63) is 97.2 Å². The van der Waals surface area contributed by atoms with Crippen LogP contribution in [0, 0.1) is 0 Å². The van der Waals surface area contributed by atoms with Crippen molar-refractivity contribution in [3.63, 3.8) is 0 Å². The molecule has 0 aromatic rings. The van der Waals surface area contributed by atoms with Gasteiger partial charge in [0.15, 0.2) is 6.10 Å². The summed E-state index contributed by atoms with van der Waals surface area (Å²) in [6, 6.07) is 0. The molecule has 1 unspecified atom stereocenters. The maximum absolute atomic E-state index is 12.7. The Balaban J connectivity index is 4.57. The molecule has 0 heterocycles. The first-order valence-corrected chi connectivity index (χ1v) is 27.8. The number of unbranched alkanes of at least 4 members (excludes halogenated alkanes) is 26. The number of allylic oxidation sites excluding steroid dienone is 14. The van der Waals surface area contributed by atoms with Crippen molar-refractivity contribution in [2.75, 3.05) is 13.2 Å². The van der Waals surface area contributed by atoms with Crippen LogP contribution in [0.25, 0.3) is 0 Å². The Morgan fingerprint density at radius 1 is 0.343 bits per heavy atom. The normalized spacial score (nSPS) is 12.8. The average Bonchev–Trinajstić information content (AvgIpc) is 3.33. The van der Waals surface area contributed by atoms with Crippen LogP contribution in [-0.2, 0) is 28.6 Å². The van der Waals surface area contributed by atoms with Crippen molar-refractivity contribution >= 4 is 17.9 Å². The van der Waals surface area contributed by atoms with Crippen LogP contribution in [0.5, 0.6) is 0 Å². The van der Waals surface area contributed by atoms with Crippen LogP contribution in [-0.4, -0.2) is 37.2 Å². The number of rotatable bonds is 49. The Kier molecular flexibility index (Phi) is 51.9. The molecule has 67 heavy (non-hydrogen) atoms. The SMILES string of the molecule is CCC=CCC=CCC=CCC=CCC=CCC=CCCC(=O)OCC(COC(=O)C=CCCCCCCCCCCCCCCC)OC(=O)C=CCCCCCCCCCCCCCCC. The van der Waals surface area contributed by atoms with Crippen LogP contribution in [0.1, 0.15) is 252 Å². The van der Waals surface area contributed by atoms with E-state index in [1.54, 1.807) is 0 Å². The maximum atomic E-state index is 12.7. The third-order valence-corrected chi connectivity index (χ3v) is 11.7. The van der Waals surface area contributed by atoms with Gasteiger partial charge in [0.1, 0.15) is 13.2 Å². The molecule has 0 radical (unpaired) electrons. The molecule has 0 saturated carbocycles. The second-order valence-corrected chi connectivity index (χ2v) is 18.2. The topological polar surface area (TPSA) is 78.9 Å². The van der Waals surface area contributed by atoms with Gasteiger partial charge in [0.2, 0.25) is 0 Å². The first-order chi connectivity index (χ1) is 33.0. The molecular formula is C61H102O6. The van der Waals surface area contributed by atoms with Crippen molar-refractivity contribution < 1.29 is 28.6 Å². The fraction of sp³-hybridized carbons (Fsp3) is 0.689. The number of hydrogen-bond donors (Lipinski definition) is 0. The van der Waals surface area contributed by atoms with Crippen LogP contribution < -0.4 is 0 Å². The van der Waals surface area contributed by atoms with Gasteiger partial charge in [-0.3, -0.25) is 4.79 Å². The summed E-state index contributed by atoms with van der Waals surface area (Å²) in [4.78, 5) is 37.9. The van der Waals surface area contributed by atoms with Crippen molar-refractivity contribution in [2.24, 2.45) is 0 Å². The minimum absolute atomic E-state index is 0.170. The first-order valence-electron chi connectivity index (χ1n) is 27.8. The Morgan fingerprint density at radius 3 is 1.06 bits per heavy atom. The Bertz CT molecular complexity index is 1350. The lowest BCUT2D eigenvalue weighted by atomic mass is 10.0. The zero-order chi connectivity index (χ0) is 48.6. The standard InChI is InChI=1S/C61H102O6/c1-4-7-10-13-16-19-22-25-28-29-30-31-34-36-39-42-45-48-51-54-60(63)66-57-58(67-61(64)55-52-49-46-43-40-37-33-27-24-21-18-15-12-9-6-3)56-65-59(62)53-50-47-44-41-38-35-32-26-23-20-17-14-11-8-5-2/h7,10,16,19,25,28,30-31,36,39,45,48,50,52-53,55,58H,4-6,8-9,11-15,17-18,20-24,26-27,29,32-35,37-38,40-44,46-47,49,51,54,56-57H2,1-3H3. The second kappa shape index (κ2) is 54.9. The molecule has 0 rings (SSSR count). The second-order valence-electron chi connectivity index (χ2n) is 18.2. The highest BCUT2D eigenvalue weighted by molar-refractivity contribution is 5.82. The van der Waals surface area contributed by atoms with E-state index in [1.807, 2.05) is 24.3 Å². The Labute approximate surface area is 413 Å². The van der Waals surface area contributed by atoms with Gasteiger partial charge in [-0.1, -0.05) is 260 Å². The largest absolute Gasteiger partial charge is 0.462 e. The molecule has 0 aromatic heterocycles. The summed E-state index contributed by atoms with van der Waals surface area (Å²) >= 11 is 0. The van der Waals surface area contributed by atoms with Gasteiger partial charge in [-0.15, -0.1) is 0 Å². The van der Waals surface area contributed by atoms with Gasteiger partial charge in [0.25, 0.3) is 0 Å². The summed E-state index contributed by atoms with van der Waals surface area (Å²) in [7, 11) is 0. The molecular weight excluding hydrogens is 829 g/mol. The van der Waals surface area contributed by atoms with E-state index in [9.17, 15) is 14.4 Å². The molecule has 0 aliphatic heterocycles. The summed E-state index contributed by atoms with van der Waals surface area (Å²) in [6.07, 6.45) is 73.5. The van der Waals surface area contributed by atoms with E-state index in [1.165, 1.54) is 153 Å². The monoisotopic (exact) mass is 931 g/mol. The first kappa shape index (κ1) is 63.3. The fourth-order valence-electron chi connectivity index (χ4n) is 7.56. The summed E-state index contributed by atoms with van der Waals surface area (Å²) in [5.74, 6) is -1.40. The Morgan fingerprint density at radius 2 is 0.672 bits per heavy atom. The van der Waals surface area contributed by atoms with Crippen LogP contribution in [0.2, 0.25) is 0 Å². The summed E-state index contributed by atoms with van der Waals surface area (Å²) < 4.78 is 16.5. The average molecular weight is 931 g/mol.